The van der Waals surface area contributed by atoms with E-state index in [2.05, 4.69) is 23.7 Å². The second kappa shape index (κ2) is 7.53. The highest BCUT2D eigenvalue weighted by Gasteiger charge is 2.19. The molecule has 1 heterocycles. The zero-order chi connectivity index (χ0) is 17.0. The van der Waals surface area contributed by atoms with Crippen LogP contribution >= 0.6 is 0 Å². The van der Waals surface area contributed by atoms with Crippen LogP contribution in [-0.2, 0) is 7.05 Å². The first kappa shape index (κ1) is 17.4. The van der Waals surface area contributed by atoms with Crippen LogP contribution in [-0.4, -0.2) is 23.1 Å². The van der Waals surface area contributed by atoms with Crippen molar-refractivity contribution >= 4 is 16.8 Å². The average Bonchev–Trinajstić information content (AvgIpc) is 2.79. The molecule has 1 aromatic heterocycles. The van der Waals surface area contributed by atoms with Gasteiger partial charge < -0.3 is 14.6 Å². The summed E-state index contributed by atoms with van der Waals surface area (Å²) in [7, 11) is 1.99. The molecule has 4 nitrogen and oxygen atoms in total. The Morgan fingerprint density at radius 1 is 1.35 bits per heavy atom. The van der Waals surface area contributed by atoms with Gasteiger partial charge in [-0.3, -0.25) is 4.79 Å². The van der Waals surface area contributed by atoms with Gasteiger partial charge in [-0.25, -0.2) is 0 Å². The van der Waals surface area contributed by atoms with Crippen molar-refractivity contribution in [3.8, 4) is 5.75 Å². The Balaban J connectivity index is 2.35. The number of carbonyl (C=O) groups excluding carboxylic acids is 1. The van der Waals surface area contributed by atoms with Crippen molar-refractivity contribution in [2.24, 2.45) is 7.05 Å². The Morgan fingerprint density at radius 3 is 2.74 bits per heavy atom. The van der Waals surface area contributed by atoms with E-state index in [9.17, 15) is 4.79 Å². The van der Waals surface area contributed by atoms with Gasteiger partial charge in [0, 0.05) is 30.2 Å². The van der Waals surface area contributed by atoms with E-state index in [4.69, 9.17) is 4.74 Å². The first-order chi connectivity index (χ1) is 11.0. The number of ether oxygens (including phenoxy) is 1. The molecule has 0 bridgehead atoms. The van der Waals surface area contributed by atoms with Gasteiger partial charge in [0.05, 0.1) is 17.7 Å². The number of fused-ring (bicyclic) bond motifs is 1. The molecule has 0 aliphatic carbocycles. The van der Waals surface area contributed by atoms with Gasteiger partial charge in [-0.15, -0.1) is 0 Å². The predicted molar refractivity (Wildman–Crippen MR) is 95.3 cm³/mol. The van der Waals surface area contributed by atoms with E-state index in [1.807, 2.05) is 39.1 Å². The van der Waals surface area contributed by atoms with Crippen molar-refractivity contribution in [2.75, 3.05) is 6.61 Å². The van der Waals surface area contributed by atoms with Crippen LogP contribution in [0.25, 0.3) is 10.9 Å². The van der Waals surface area contributed by atoms with Crippen molar-refractivity contribution in [1.29, 1.82) is 0 Å². The number of hydrogen-bond acceptors (Lipinski definition) is 2. The monoisotopic (exact) mass is 316 g/mol. The number of aryl methyl sites for hydroxylation is 1. The van der Waals surface area contributed by atoms with Crippen LogP contribution in [0.15, 0.2) is 18.2 Å². The Morgan fingerprint density at radius 2 is 2.09 bits per heavy atom. The van der Waals surface area contributed by atoms with Crippen LogP contribution in [0.4, 0.5) is 0 Å². The molecule has 1 unspecified atom stereocenters. The Labute approximate surface area is 138 Å². The summed E-state index contributed by atoms with van der Waals surface area (Å²) in [5.74, 6) is 0.863. The van der Waals surface area contributed by atoms with Crippen LogP contribution in [0.3, 0.4) is 0 Å². The number of carbonyl (C=O) groups is 1. The van der Waals surface area contributed by atoms with Crippen LogP contribution in [0.2, 0.25) is 0 Å². The Bertz CT molecular complexity index is 688. The van der Waals surface area contributed by atoms with Crippen LogP contribution < -0.4 is 10.1 Å². The van der Waals surface area contributed by atoms with Crippen LogP contribution in [0.5, 0.6) is 5.75 Å². The number of nitrogens with one attached hydrogen (secondary N) is 1. The molecule has 1 aromatic carbocycles. The predicted octanol–water partition coefficient (Wildman–Crippen LogP) is 4.19. The smallest absolute Gasteiger partial charge is 0.253 e. The van der Waals surface area contributed by atoms with E-state index < -0.39 is 0 Å². The Hall–Kier alpha value is -1.97. The lowest BCUT2D eigenvalue weighted by molar-refractivity contribution is 0.0940. The second-order valence-corrected chi connectivity index (χ2v) is 6.18. The molecule has 23 heavy (non-hydrogen) atoms. The number of unbranched alkanes of at least 4 members (excludes halogenated alkanes) is 1. The lowest BCUT2D eigenvalue weighted by atomic mass is 10.1. The third kappa shape index (κ3) is 3.69. The van der Waals surface area contributed by atoms with Gasteiger partial charge in [0.2, 0.25) is 0 Å². The van der Waals surface area contributed by atoms with Crippen molar-refractivity contribution in [2.45, 2.75) is 53.0 Å². The summed E-state index contributed by atoms with van der Waals surface area (Å²) < 4.78 is 7.85. The molecule has 0 radical (unpaired) electrons. The summed E-state index contributed by atoms with van der Waals surface area (Å²) in [5, 5.41) is 4.05. The topological polar surface area (TPSA) is 43.3 Å². The minimum absolute atomic E-state index is 0.00195. The second-order valence-electron chi connectivity index (χ2n) is 6.18. The highest BCUT2D eigenvalue weighted by atomic mass is 16.5. The molecule has 1 atom stereocenters. The van der Waals surface area contributed by atoms with Crippen molar-refractivity contribution in [3.05, 3.63) is 29.5 Å². The van der Waals surface area contributed by atoms with Gasteiger partial charge in [0.1, 0.15) is 5.75 Å². The fourth-order valence-corrected chi connectivity index (χ4v) is 2.65. The quantitative estimate of drug-likeness (QED) is 0.778. The van der Waals surface area contributed by atoms with Crippen LogP contribution in [0.1, 0.15) is 56.1 Å². The lowest BCUT2D eigenvalue weighted by Gasteiger charge is -2.11. The van der Waals surface area contributed by atoms with Crippen molar-refractivity contribution in [3.63, 3.8) is 0 Å². The van der Waals surface area contributed by atoms with E-state index in [-0.39, 0.29) is 11.9 Å². The molecule has 2 aromatic rings. The van der Waals surface area contributed by atoms with Crippen molar-refractivity contribution in [1.82, 2.24) is 9.88 Å². The molecule has 1 N–H and O–H groups in total. The minimum Gasteiger partial charge on any atom is -0.494 e. The number of hydrogen-bond donors (Lipinski definition) is 1. The molecule has 0 spiro atoms. The third-order valence-corrected chi connectivity index (χ3v) is 4.45. The van der Waals surface area contributed by atoms with Gasteiger partial charge in [0.25, 0.3) is 5.91 Å². The zero-order valence-corrected chi connectivity index (χ0v) is 14.9. The van der Waals surface area contributed by atoms with E-state index in [0.717, 1.165) is 53.8 Å². The van der Waals surface area contributed by atoms with Gasteiger partial charge in [-0.05, 0) is 38.8 Å². The third-order valence-electron chi connectivity index (χ3n) is 4.45. The zero-order valence-electron chi connectivity index (χ0n) is 14.9. The molecule has 0 aliphatic heterocycles. The van der Waals surface area contributed by atoms with Gasteiger partial charge >= 0.3 is 0 Å². The summed E-state index contributed by atoms with van der Waals surface area (Å²) in [6.45, 7) is 8.96. The van der Waals surface area contributed by atoms with E-state index in [1.165, 1.54) is 0 Å². The van der Waals surface area contributed by atoms with Crippen molar-refractivity contribution < 1.29 is 9.53 Å². The van der Waals surface area contributed by atoms with Gasteiger partial charge in [-0.2, -0.15) is 0 Å². The summed E-state index contributed by atoms with van der Waals surface area (Å²) in [6, 6.07) is 6.15. The maximum Gasteiger partial charge on any atom is 0.253 e. The molecule has 1 amide bonds. The fourth-order valence-electron chi connectivity index (χ4n) is 2.65. The highest BCUT2D eigenvalue weighted by Crippen LogP contribution is 2.28. The lowest BCUT2D eigenvalue weighted by Crippen LogP contribution is -2.32. The first-order valence-corrected chi connectivity index (χ1v) is 8.52. The maximum atomic E-state index is 12.6. The summed E-state index contributed by atoms with van der Waals surface area (Å²) in [5.41, 5.74) is 2.78. The molecular weight excluding hydrogens is 288 g/mol. The molecule has 2 rings (SSSR count). The van der Waals surface area contributed by atoms with E-state index >= 15 is 0 Å². The summed E-state index contributed by atoms with van der Waals surface area (Å²) in [6.07, 6.45) is 3.09. The number of rotatable bonds is 7. The number of aromatic nitrogens is 1. The van der Waals surface area contributed by atoms with E-state index in [1.54, 1.807) is 0 Å². The highest BCUT2D eigenvalue weighted by molar-refractivity contribution is 6.08. The molecule has 0 saturated carbocycles. The number of benzene rings is 1. The molecule has 4 heteroatoms. The summed E-state index contributed by atoms with van der Waals surface area (Å²) in [4.78, 5) is 12.6. The molecule has 126 valence electrons. The summed E-state index contributed by atoms with van der Waals surface area (Å²) >= 11 is 0. The fraction of sp³-hybridized carbons (Fsp3) is 0.526. The van der Waals surface area contributed by atoms with E-state index in [0.29, 0.717) is 0 Å². The molecule has 0 fully saturated rings. The van der Waals surface area contributed by atoms with Gasteiger partial charge in [-0.1, -0.05) is 20.3 Å². The standard InChI is InChI=1S/C19H28N2O2/c1-6-8-11-23-15-9-10-16-17(12-15)21(5)14(4)18(16)19(22)20-13(3)7-2/h9-10,12-13H,6-8,11H2,1-5H3,(H,20,22). The molecular formula is C19H28N2O2. The van der Waals surface area contributed by atoms with Crippen LogP contribution in [0, 0.1) is 6.92 Å². The number of amides is 1. The Kier molecular flexibility index (Phi) is 5.69. The SMILES string of the molecule is CCCCOc1ccc2c(C(=O)NC(C)CC)c(C)n(C)c2c1. The first-order valence-electron chi connectivity index (χ1n) is 8.52. The average molecular weight is 316 g/mol. The minimum atomic E-state index is 0.00195. The number of nitrogens with zero attached hydrogens (tertiary/aromatic N) is 1. The normalized spacial score (nSPS) is 12.4. The molecule has 0 aliphatic rings. The molecule has 0 saturated heterocycles. The largest absolute Gasteiger partial charge is 0.494 e. The van der Waals surface area contributed by atoms with Gasteiger partial charge in [0.15, 0.2) is 0 Å². The maximum absolute atomic E-state index is 12.6.